The molecule has 0 spiro atoms. The second-order valence-electron chi connectivity index (χ2n) is 8.83. The highest BCUT2D eigenvalue weighted by molar-refractivity contribution is 7.10. The Morgan fingerprint density at radius 3 is 2.56 bits per heavy atom. The van der Waals surface area contributed by atoms with E-state index in [1.54, 1.807) is 23.3 Å². The quantitative estimate of drug-likeness (QED) is 0.445. The minimum absolute atomic E-state index is 0.108. The smallest absolute Gasteiger partial charge is 0.248 e. The summed E-state index contributed by atoms with van der Waals surface area (Å²) in [5.74, 6) is 0.398. The van der Waals surface area contributed by atoms with Gasteiger partial charge in [0.1, 0.15) is 11.8 Å². The summed E-state index contributed by atoms with van der Waals surface area (Å²) in [4.78, 5) is 30.4. The van der Waals surface area contributed by atoms with Crippen molar-refractivity contribution in [3.05, 3.63) is 82.0 Å². The van der Waals surface area contributed by atoms with E-state index in [1.807, 2.05) is 73.0 Å². The molecular formula is C28H32N2O3S. The highest BCUT2D eigenvalue weighted by Gasteiger charge is 2.35. The van der Waals surface area contributed by atoms with Crippen LogP contribution < -0.4 is 15.0 Å². The molecule has 1 aromatic heterocycles. The summed E-state index contributed by atoms with van der Waals surface area (Å²) in [6, 6.07) is 18.5. The van der Waals surface area contributed by atoms with Crippen molar-refractivity contribution in [2.75, 3.05) is 12.0 Å². The van der Waals surface area contributed by atoms with Gasteiger partial charge in [-0.1, -0.05) is 55.7 Å². The molecule has 1 fully saturated rings. The molecule has 1 saturated carbocycles. The lowest BCUT2D eigenvalue weighted by Gasteiger charge is -2.34. The predicted octanol–water partition coefficient (Wildman–Crippen LogP) is 5.83. The number of anilines is 1. The molecule has 1 aliphatic carbocycles. The molecular weight excluding hydrogens is 444 g/mol. The SMILES string of the molecule is COc1cccc([C@H](C(=O)NC2CCCCC2)N(C(=O)Cc2cccs2)c2ccccc2C)c1. The molecule has 1 atom stereocenters. The summed E-state index contributed by atoms with van der Waals surface area (Å²) in [7, 11) is 1.61. The third-order valence-electron chi connectivity index (χ3n) is 6.42. The minimum atomic E-state index is -0.800. The van der Waals surface area contributed by atoms with Crippen LogP contribution in [-0.2, 0) is 16.0 Å². The van der Waals surface area contributed by atoms with Crippen LogP contribution in [0.5, 0.6) is 5.75 Å². The van der Waals surface area contributed by atoms with Gasteiger partial charge in [-0.05, 0) is 60.5 Å². The summed E-state index contributed by atoms with van der Waals surface area (Å²) < 4.78 is 5.46. The second kappa shape index (κ2) is 11.3. The first kappa shape index (κ1) is 24.0. The molecule has 0 saturated heterocycles. The zero-order chi connectivity index (χ0) is 23.9. The van der Waals surface area contributed by atoms with Crippen molar-refractivity contribution in [2.24, 2.45) is 0 Å². The summed E-state index contributed by atoms with van der Waals surface area (Å²) in [5.41, 5.74) is 2.42. The van der Waals surface area contributed by atoms with Crippen LogP contribution in [0.25, 0.3) is 0 Å². The minimum Gasteiger partial charge on any atom is -0.497 e. The van der Waals surface area contributed by atoms with E-state index >= 15 is 0 Å². The van der Waals surface area contributed by atoms with Crippen molar-refractivity contribution in [1.29, 1.82) is 0 Å². The fourth-order valence-corrected chi connectivity index (χ4v) is 5.35. The number of hydrogen-bond acceptors (Lipinski definition) is 4. The average molecular weight is 477 g/mol. The van der Waals surface area contributed by atoms with Crippen molar-refractivity contribution >= 4 is 28.8 Å². The van der Waals surface area contributed by atoms with Gasteiger partial charge >= 0.3 is 0 Å². The number of ether oxygens (including phenoxy) is 1. The Kier molecular flexibility index (Phi) is 8.01. The monoisotopic (exact) mass is 476 g/mol. The van der Waals surface area contributed by atoms with Crippen molar-refractivity contribution in [1.82, 2.24) is 5.32 Å². The van der Waals surface area contributed by atoms with Gasteiger partial charge in [0, 0.05) is 16.6 Å². The number of hydrogen-bond donors (Lipinski definition) is 1. The molecule has 0 aliphatic heterocycles. The number of nitrogens with one attached hydrogen (secondary N) is 1. The normalized spacial score (nSPS) is 14.9. The molecule has 2 aromatic carbocycles. The number of methoxy groups -OCH3 is 1. The van der Waals surface area contributed by atoms with E-state index in [0.717, 1.165) is 47.4 Å². The summed E-state index contributed by atoms with van der Waals surface area (Å²) in [5, 5.41) is 5.24. The molecule has 34 heavy (non-hydrogen) atoms. The lowest BCUT2D eigenvalue weighted by atomic mass is 9.94. The van der Waals surface area contributed by atoms with Crippen molar-refractivity contribution in [3.8, 4) is 5.75 Å². The van der Waals surface area contributed by atoms with Crippen LogP contribution in [0.3, 0.4) is 0 Å². The number of benzene rings is 2. The Hall–Kier alpha value is -3.12. The first-order valence-electron chi connectivity index (χ1n) is 11.9. The number of nitrogens with zero attached hydrogens (tertiary/aromatic N) is 1. The molecule has 2 amide bonds. The van der Waals surface area contributed by atoms with E-state index in [1.165, 1.54) is 6.42 Å². The summed E-state index contributed by atoms with van der Waals surface area (Å²) >= 11 is 1.55. The molecule has 1 N–H and O–H groups in total. The van der Waals surface area contributed by atoms with Gasteiger partial charge in [-0.25, -0.2) is 0 Å². The van der Waals surface area contributed by atoms with Gasteiger partial charge in [-0.3, -0.25) is 14.5 Å². The van der Waals surface area contributed by atoms with Gasteiger partial charge < -0.3 is 10.1 Å². The Labute approximate surface area is 205 Å². The number of para-hydroxylation sites is 1. The topological polar surface area (TPSA) is 58.6 Å². The largest absolute Gasteiger partial charge is 0.497 e. The molecule has 6 heteroatoms. The van der Waals surface area contributed by atoms with E-state index in [2.05, 4.69) is 5.32 Å². The number of rotatable bonds is 8. The van der Waals surface area contributed by atoms with Gasteiger partial charge in [-0.2, -0.15) is 0 Å². The highest BCUT2D eigenvalue weighted by atomic mass is 32.1. The third-order valence-corrected chi connectivity index (χ3v) is 7.29. The van der Waals surface area contributed by atoms with Crippen LogP contribution in [0.15, 0.2) is 66.0 Å². The van der Waals surface area contributed by atoms with Crippen molar-refractivity contribution in [2.45, 2.75) is 57.5 Å². The van der Waals surface area contributed by atoms with Crippen LogP contribution in [0.2, 0.25) is 0 Å². The maximum atomic E-state index is 13.9. The molecule has 3 aromatic rings. The Morgan fingerprint density at radius 1 is 1.06 bits per heavy atom. The number of thiophene rings is 1. The lowest BCUT2D eigenvalue weighted by Crippen LogP contribution is -2.48. The van der Waals surface area contributed by atoms with Crippen LogP contribution >= 0.6 is 11.3 Å². The maximum absolute atomic E-state index is 13.9. The Bertz CT molecular complexity index is 1110. The first-order valence-corrected chi connectivity index (χ1v) is 12.8. The molecule has 1 aliphatic rings. The predicted molar refractivity (Wildman–Crippen MR) is 137 cm³/mol. The fraction of sp³-hybridized carbons (Fsp3) is 0.357. The molecule has 4 rings (SSSR count). The van der Waals surface area contributed by atoms with Crippen LogP contribution in [0.1, 0.15) is 54.1 Å². The zero-order valence-electron chi connectivity index (χ0n) is 19.8. The van der Waals surface area contributed by atoms with E-state index < -0.39 is 6.04 Å². The van der Waals surface area contributed by atoms with Crippen LogP contribution in [-0.4, -0.2) is 25.0 Å². The van der Waals surface area contributed by atoms with Crippen LogP contribution in [0, 0.1) is 6.92 Å². The highest BCUT2D eigenvalue weighted by Crippen LogP contribution is 2.33. The standard InChI is InChI=1S/C28H32N2O3S/c1-20-10-6-7-16-25(20)30(26(31)19-24-15-9-17-34-24)27(21-11-8-14-23(18-21)33-2)28(32)29-22-12-4-3-5-13-22/h6-11,14-18,22,27H,3-5,12-13,19H2,1-2H3,(H,29,32)/t27-/m1/s1. The van der Waals surface area contributed by atoms with E-state index in [-0.39, 0.29) is 24.3 Å². The van der Waals surface area contributed by atoms with Gasteiger partial charge in [-0.15, -0.1) is 11.3 Å². The maximum Gasteiger partial charge on any atom is 0.248 e. The lowest BCUT2D eigenvalue weighted by molar-refractivity contribution is -0.127. The number of amides is 2. The Balaban J connectivity index is 1.78. The average Bonchev–Trinajstić information content (AvgIpc) is 3.36. The van der Waals surface area contributed by atoms with E-state index in [0.29, 0.717) is 5.75 Å². The molecule has 1 heterocycles. The fourth-order valence-electron chi connectivity index (χ4n) is 4.65. The first-order chi connectivity index (χ1) is 16.6. The third kappa shape index (κ3) is 5.68. The number of carbonyl (C=O) groups excluding carboxylic acids is 2. The molecule has 5 nitrogen and oxygen atoms in total. The molecule has 0 unspecified atom stereocenters. The molecule has 178 valence electrons. The number of aryl methyl sites for hydroxylation is 1. The van der Waals surface area contributed by atoms with Gasteiger partial charge in [0.15, 0.2) is 0 Å². The second-order valence-corrected chi connectivity index (χ2v) is 9.86. The van der Waals surface area contributed by atoms with E-state index in [4.69, 9.17) is 4.74 Å². The van der Waals surface area contributed by atoms with Gasteiger partial charge in [0.05, 0.1) is 13.5 Å². The van der Waals surface area contributed by atoms with E-state index in [9.17, 15) is 9.59 Å². The Morgan fingerprint density at radius 2 is 1.85 bits per heavy atom. The molecule has 0 radical (unpaired) electrons. The summed E-state index contributed by atoms with van der Waals surface area (Å²) in [6.45, 7) is 1.97. The van der Waals surface area contributed by atoms with Crippen molar-refractivity contribution < 1.29 is 14.3 Å². The summed E-state index contributed by atoms with van der Waals surface area (Å²) in [6.07, 6.45) is 5.64. The zero-order valence-corrected chi connectivity index (χ0v) is 20.6. The van der Waals surface area contributed by atoms with Gasteiger partial charge in [0.25, 0.3) is 0 Å². The van der Waals surface area contributed by atoms with Gasteiger partial charge in [0.2, 0.25) is 11.8 Å². The van der Waals surface area contributed by atoms with Crippen molar-refractivity contribution in [3.63, 3.8) is 0 Å². The van der Waals surface area contributed by atoms with Crippen LogP contribution in [0.4, 0.5) is 5.69 Å². The molecule has 0 bridgehead atoms. The number of carbonyl (C=O) groups is 2.